The number of nitrogens with one attached hydrogen (secondary N) is 1. The number of sulfonamides is 1. The number of anilines is 1. The summed E-state index contributed by atoms with van der Waals surface area (Å²) in [6.07, 6.45) is 0.860. The van der Waals surface area contributed by atoms with E-state index in [9.17, 15) is 22.0 Å². The Morgan fingerprint density at radius 1 is 1.13 bits per heavy atom. The van der Waals surface area contributed by atoms with Gasteiger partial charge in [0.2, 0.25) is 15.9 Å². The van der Waals surface area contributed by atoms with Gasteiger partial charge in [0.25, 0.3) is 0 Å². The van der Waals surface area contributed by atoms with Crippen LogP contribution >= 0.6 is 0 Å². The third-order valence-corrected chi connectivity index (χ3v) is 6.82. The molecule has 0 unspecified atom stereocenters. The Labute approximate surface area is 173 Å². The van der Waals surface area contributed by atoms with Crippen LogP contribution in [-0.4, -0.2) is 45.9 Å². The molecule has 0 aromatic heterocycles. The van der Waals surface area contributed by atoms with Gasteiger partial charge in [-0.15, -0.1) is 0 Å². The number of carbonyl (C=O) groups is 1. The van der Waals surface area contributed by atoms with Crippen molar-refractivity contribution in [3.8, 4) is 11.5 Å². The van der Waals surface area contributed by atoms with Crippen molar-refractivity contribution in [1.29, 1.82) is 0 Å². The Hall–Kier alpha value is -2.72. The van der Waals surface area contributed by atoms with Crippen molar-refractivity contribution in [1.82, 2.24) is 4.31 Å². The Kier molecular flexibility index (Phi) is 6.57. The number of benzene rings is 2. The van der Waals surface area contributed by atoms with Crippen LogP contribution < -0.4 is 14.8 Å². The van der Waals surface area contributed by atoms with Gasteiger partial charge >= 0.3 is 0 Å². The molecule has 0 aliphatic carbocycles. The molecule has 162 valence electrons. The van der Waals surface area contributed by atoms with Crippen molar-refractivity contribution in [3.63, 3.8) is 0 Å². The van der Waals surface area contributed by atoms with Gasteiger partial charge in [-0.1, -0.05) is 0 Å². The van der Waals surface area contributed by atoms with E-state index in [0.717, 1.165) is 18.2 Å². The number of rotatable bonds is 6. The van der Waals surface area contributed by atoms with Crippen LogP contribution in [0.4, 0.5) is 14.5 Å². The summed E-state index contributed by atoms with van der Waals surface area (Å²) in [4.78, 5) is 12.5. The second-order valence-electron chi connectivity index (χ2n) is 6.83. The van der Waals surface area contributed by atoms with Crippen LogP contribution in [0.25, 0.3) is 0 Å². The van der Waals surface area contributed by atoms with Gasteiger partial charge < -0.3 is 14.8 Å². The lowest BCUT2D eigenvalue weighted by Crippen LogP contribution is -2.43. The number of carbonyl (C=O) groups excluding carboxylic acids is 1. The molecule has 0 radical (unpaired) electrons. The minimum absolute atomic E-state index is 0.0680. The maximum atomic E-state index is 13.8. The van der Waals surface area contributed by atoms with E-state index in [-0.39, 0.29) is 29.4 Å². The average Bonchev–Trinajstić information content (AvgIpc) is 2.75. The van der Waals surface area contributed by atoms with E-state index in [1.54, 1.807) is 6.07 Å². The van der Waals surface area contributed by atoms with Crippen LogP contribution in [0.2, 0.25) is 0 Å². The van der Waals surface area contributed by atoms with Crippen molar-refractivity contribution >= 4 is 21.6 Å². The van der Waals surface area contributed by atoms with Crippen molar-refractivity contribution in [2.45, 2.75) is 17.7 Å². The summed E-state index contributed by atoms with van der Waals surface area (Å²) in [5.41, 5.74) is -0.283. The number of amides is 1. The molecule has 1 amide bonds. The molecule has 1 aliphatic rings. The fourth-order valence-corrected chi connectivity index (χ4v) is 5.02. The smallest absolute Gasteiger partial charge is 0.246 e. The molecule has 3 rings (SSSR count). The van der Waals surface area contributed by atoms with Crippen LogP contribution in [0.5, 0.6) is 11.5 Å². The van der Waals surface area contributed by atoms with Gasteiger partial charge in [0.1, 0.15) is 28.0 Å². The van der Waals surface area contributed by atoms with E-state index in [1.165, 1.54) is 30.7 Å². The number of halogens is 2. The molecular formula is C20H22F2N2O5S. The second-order valence-corrected chi connectivity index (χ2v) is 8.74. The van der Waals surface area contributed by atoms with Crippen LogP contribution in [0.1, 0.15) is 12.8 Å². The lowest BCUT2D eigenvalue weighted by atomic mass is 9.98. The molecule has 1 fully saturated rings. The van der Waals surface area contributed by atoms with Crippen molar-refractivity contribution in [2.75, 3.05) is 32.6 Å². The molecular weight excluding hydrogens is 418 g/mol. The van der Waals surface area contributed by atoms with Gasteiger partial charge in [-0.2, -0.15) is 4.31 Å². The van der Waals surface area contributed by atoms with Crippen molar-refractivity contribution < 1.29 is 31.5 Å². The molecule has 1 atom stereocenters. The second kappa shape index (κ2) is 8.97. The van der Waals surface area contributed by atoms with Gasteiger partial charge in [0, 0.05) is 25.2 Å². The molecule has 0 saturated carbocycles. The van der Waals surface area contributed by atoms with Gasteiger partial charge in [-0.05, 0) is 37.1 Å². The summed E-state index contributed by atoms with van der Waals surface area (Å²) in [6, 6.07) is 7.18. The number of hydrogen-bond donors (Lipinski definition) is 1. The summed E-state index contributed by atoms with van der Waals surface area (Å²) in [7, 11) is -1.19. The molecule has 10 heteroatoms. The molecule has 2 aromatic carbocycles. The number of nitrogens with zero attached hydrogens (tertiary/aromatic N) is 1. The van der Waals surface area contributed by atoms with Crippen molar-refractivity contribution in [3.05, 3.63) is 48.0 Å². The zero-order chi connectivity index (χ0) is 21.9. The van der Waals surface area contributed by atoms with Gasteiger partial charge in [0.15, 0.2) is 0 Å². The molecule has 0 spiro atoms. The first-order chi connectivity index (χ1) is 14.3. The van der Waals surface area contributed by atoms with E-state index in [1.807, 2.05) is 0 Å². The third-order valence-electron chi connectivity index (χ3n) is 4.93. The minimum atomic E-state index is -3.98. The maximum Gasteiger partial charge on any atom is 0.246 e. The first-order valence-corrected chi connectivity index (χ1v) is 10.7. The normalized spacial score (nSPS) is 17.4. The molecule has 1 heterocycles. The van der Waals surface area contributed by atoms with Crippen molar-refractivity contribution in [2.24, 2.45) is 5.92 Å². The fraction of sp³-hybridized carbons (Fsp3) is 0.350. The van der Waals surface area contributed by atoms with Crippen LogP contribution in [0.3, 0.4) is 0 Å². The lowest BCUT2D eigenvalue weighted by Gasteiger charge is -2.31. The Balaban J connectivity index is 1.81. The van der Waals surface area contributed by atoms with Gasteiger partial charge in [-0.3, -0.25) is 4.79 Å². The Morgan fingerprint density at radius 3 is 2.60 bits per heavy atom. The molecule has 0 bridgehead atoms. The third kappa shape index (κ3) is 4.54. The summed E-state index contributed by atoms with van der Waals surface area (Å²) in [5, 5.41) is 2.35. The minimum Gasteiger partial charge on any atom is -0.497 e. The number of piperidine rings is 1. The first-order valence-electron chi connectivity index (χ1n) is 9.24. The van der Waals surface area contributed by atoms with Gasteiger partial charge in [-0.25, -0.2) is 17.2 Å². The van der Waals surface area contributed by atoms with Gasteiger partial charge in [0.05, 0.1) is 25.8 Å². The molecule has 1 N–H and O–H groups in total. The molecule has 1 saturated heterocycles. The topological polar surface area (TPSA) is 84.9 Å². The summed E-state index contributed by atoms with van der Waals surface area (Å²) < 4.78 is 65.1. The Bertz CT molecular complexity index is 1050. The number of ether oxygens (including phenoxy) is 2. The predicted octanol–water partition coefficient (Wildman–Crippen LogP) is 3.02. The summed E-state index contributed by atoms with van der Waals surface area (Å²) in [5.74, 6) is -2.24. The molecule has 2 aromatic rings. The number of hydrogen-bond acceptors (Lipinski definition) is 5. The number of methoxy groups -OCH3 is 2. The van der Waals surface area contributed by atoms with E-state index >= 15 is 0 Å². The first kappa shape index (κ1) is 22.0. The predicted molar refractivity (Wildman–Crippen MR) is 106 cm³/mol. The largest absolute Gasteiger partial charge is 0.497 e. The average molecular weight is 440 g/mol. The highest BCUT2D eigenvalue weighted by molar-refractivity contribution is 7.89. The quantitative estimate of drug-likeness (QED) is 0.747. The SMILES string of the molecule is COc1ccc(OC)c(S(=O)(=O)N2CCC[C@H](C(=O)Nc3cc(F)ccc3F)C2)c1. The highest BCUT2D eigenvalue weighted by Crippen LogP contribution is 2.33. The van der Waals surface area contributed by atoms with Crippen LogP contribution in [0.15, 0.2) is 41.3 Å². The zero-order valence-electron chi connectivity index (χ0n) is 16.5. The Morgan fingerprint density at radius 2 is 1.90 bits per heavy atom. The monoisotopic (exact) mass is 440 g/mol. The van der Waals surface area contributed by atoms with E-state index in [2.05, 4.69) is 5.32 Å². The van der Waals surface area contributed by atoms with E-state index in [0.29, 0.717) is 18.6 Å². The van der Waals surface area contributed by atoms with Crippen LogP contribution in [0, 0.1) is 17.6 Å². The summed E-state index contributed by atoms with van der Waals surface area (Å²) in [6.45, 7) is 0.131. The van der Waals surface area contributed by atoms with Crippen LogP contribution in [-0.2, 0) is 14.8 Å². The zero-order valence-corrected chi connectivity index (χ0v) is 17.3. The lowest BCUT2D eigenvalue weighted by molar-refractivity contribution is -0.120. The molecule has 7 nitrogen and oxygen atoms in total. The molecule has 30 heavy (non-hydrogen) atoms. The highest BCUT2D eigenvalue weighted by atomic mass is 32.2. The fourth-order valence-electron chi connectivity index (χ4n) is 3.33. The maximum absolute atomic E-state index is 13.8. The van der Waals surface area contributed by atoms with E-state index < -0.39 is 33.5 Å². The standard InChI is InChI=1S/C20H22F2N2O5S/c1-28-15-6-8-18(29-2)19(11-15)30(26,27)24-9-3-4-13(12-24)20(25)23-17-10-14(21)5-7-16(17)22/h5-8,10-11,13H,3-4,9,12H2,1-2H3,(H,23,25)/t13-/m0/s1. The summed E-state index contributed by atoms with van der Waals surface area (Å²) >= 11 is 0. The van der Waals surface area contributed by atoms with E-state index in [4.69, 9.17) is 9.47 Å². The molecule has 1 aliphatic heterocycles. The highest BCUT2D eigenvalue weighted by Gasteiger charge is 2.35.